The van der Waals surface area contributed by atoms with Crippen molar-refractivity contribution in [3.63, 3.8) is 0 Å². The van der Waals surface area contributed by atoms with Gasteiger partial charge >= 0.3 is 0 Å². The maximum atomic E-state index is 8.78. The predicted octanol–water partition coefficient (Wildman–Crippen LogP) is -0.717. The Kier molecular flexibility index (Phi) is 4.55. The van der Waals surface area contributed by atoms with E-state index in [9.17, 15) is 0 Å². The van der Waals surface area contributed by atoms with Crippen LogP contribution < -0.4 is 0 Å². The normalized spacial score (nSPS) is 19.9. The van der Waals surface area contributed by atoms with Crippen molar-refractivity contribution in [3.05, 3.63) is 0 Å². The number of aliphatic hydroxyl groups excluding tert-OH is 1. The van der Waals surface area contributed by atoms with E-state index in [1.54, 1.807) is 7.05 Å². The van der Waals surface area contributed by atoms with Crippen LogP contribution in [0.3, 0.4) is 0 Å². The first-order valence-electron chi connectivity index (χ1n) is 4.83. The molecule has 1 aliphatic heterocycles. The molecule has 0 aliphatic carbocycles. The van der Waals surface area contributed by atoms with Crippen LogP contribution in [0.25, 0.3) is 0 Å². The second-order valence-corrected chi connectivity index (χ2v) is 3.23. The third-order valence-corrected chi connectivity index (χ3v) is 2.41. The van der Waals surface area contributed by atoms with Gasteiger partial charge in [-0.1, -0.05) is 0 Å². The van der Waals surface area contributed by atoms with Gasteiger partial charge in [-0.05, 0) is 6.72 Å². The molecular formula is C9H18N4O. The number of nitrogens with zero attached hydrogens (tertiary/aromatic N) is 4. The molecule has 0 amide bonds. The highest BCUT2D eigenvalue weighted by Gasteiger charge is 2.17. The van der Waals surface area contributed by atoms with Gasteiger partial charge in [-0.15, -0.1) is 0 Å². The summed E-state index contributed by atoms with van der Waals surface area (Å²) in [6.45, 7) is 8.20. The van der Waals surface area contributed by atoms with Gasteiger partial charge in [0.2, 0.25) is 5.96 Å². The molecule has 5 nitrogen and oxygen atoms in total. The van der Waals surface area contributed by atoms with E-state index in [4.69, 9.17) is 5.11 Å². The molecule has 5 heteroatoms. The van der Waals surface area contributed by atoms with Crippen molar-refractivity contribution >= 4 is 12.7 Å². The molecule has 0 aromatic rings. The zero-order valence-electron chi connectivity index (χ0n) is 8.69. The lowest BCUT2D eigenvalue weighted by atomic mass is 10.3. The lowest BCUT2D eigenvalue weighted by Gasteiger charge is -2.34. The highest BCUT2D eigenvalue weighted by Crippen LogP contribution is 2.02. The van der Waals surface area contributed by atoms with Crippen LogP contribution >= 0.6 is 0 Å². The molecule has 0 saturated carbocycles. The summed E-state index contributed by atoms with van der Waals surface area (Å²) in [5.74, 6) is 0.716. The van der Waals surface area contributed by atoms with Crippen LogP contribution in [0.5, 0.6) is 0 Å². The Bertz CT molecular complexity index is 209. The van der Waals surface area contributed by atoms with Gasteiger partial charge in [-0.2, -0.15) is 0 Å². The maximum Gasteiger partial charge on any atom is 0.219 e. The van der Waals surface area contributed by atoms with Gasteiger partial charge in [0, 0.05) is 39.8 Å². The fourth-order valence-corrected chi connectivity index (χ4v) is 1.63. The fourth-order valence-electron chi connectivity index (χ4n) is 1.63. The standard InChI is InChI=1S/C9H18N4O/c1-10-9(11-2)13-5-3-12(4-6-13)7-8-14/h14H,1,3-8H2,2H3. The minimum Gasteiger partial charge on any atom is -0.395 e. The molecule has 0 bridgehead atoms. The number of hydrogen-bond acceptors (Lipinski definition) is 3. The molecule has 0 spiro atoms. The Hall–Kier alpha value is -0.940. The minimum atomic E-state index is 0.231. The van der Waals surface area contributed by atoms with Gasteiger partial charge in [0.05, 0.1) is 6.61 Å². The Morgan fingerprint density at radius 3 is 2.43 bits per heavy atom. The monoisotopic (exact) mass is 198 g/mol. The summed E-state index contributed by atoms with van der Waals surface area (Å²) in [6.07, 6.45) is 0. The largest absolute Gasteiger partial charge is 0.395 e. The topological polar surface area (TPSA) is 51.4 Å². The number of hydrogen-bond donors (Lipinski definition) is 1. The van der Waals surface area contributed by atoms with Gasteiger partial charge in [-0.3, -0.25) is 9.89 Å². The maximum absolute atomic E-state index is 8.78. The quantitative estimate of drug-likeness (QED) is 0.471. The molecule has 1 saturated heterocycles. The van der Waals surface area contributed by atoms with Crippen LogP contribution in [0.1, 0.15) is 0 Å². The lowest BCUT2D eigenvalue weighted by molar-refractivity contribution is 0.146. The highest BCUT2D eigenvalue weighted by molar-refractivity contribution is 5.84. The minimum absolute atomic E-state index is 0.231. The van der Waals surface area contributed by atoms with Crippen molar-refractivity contribution in [1.29, 1.82) is 0 Å². The van der Waals surface area contributed by atoms with E-state index in [0.717, 1.165) is 32.7 Å². The fraction of sp³-hybridized carbons (Fsp3) is 0.778. The van der Waals surface area contributed by atoms with E-state index < -0.39 is 0 Å². The first-order chi connectivity index (χ1) is 6.81. The SMILES string of the molecule is C=NC(=NC)N1CCN(CCO)CC1. The molecule has 80 valence electrons. The molecule has 1 N–H and O–H groups in total. The third kappa shape index (κ3) is 2.78. The molecule has 0 aromatic carbocycles. The molecule has 0 unspecified atom stereocenters. The van der Waals surface area contributed by atoms with E-state index in [2.05, 4.69) is 26.5 Å². The number of piperazine rings is 1. The second kappa shape index (κ2) is 5.72. The zero-order chi connectivity index (χ0) is 10.4. The smallest absolute Gasteiger partial charge is 0.219 e. The molecule has 0 aromatic heterocycles. The Balaban J connectivity index is 2.38. The summed E-state index contributed by atoms with van der Waals surface area (Å²) in [5, 5.41) is 8.78. The summed E-state index contributed by atoms with van der Waals surface area (Å²) in [7, 11) is 1.73. The lowest BCUT2D eigenvalue weighted by Crippen LogP contribution is -2.48. The van der Waals surface area contributed by atoms with E-state index in [-0.39, 0.29) is 6.61 Å². The molecule has 1 fully saturated rings. The molecule has 1 aliphatic rings. The van der Waals surface area contributed by atoms with Crippen molar-refractivity contribution in [2.75, 3.05) is 46.4 Å². The van der Waals surface area contributed by atoms with E-state index in [1.807, 2.05) is 0 Å². The molecule has 0 atom stereocenters. The molecule has 1 rings (SSSR count). The predicted molar refractivity (Wildman–Crippen MR) is 58.0 cm³/mol. The van der Waals surface area contributed by atoms with E-state index >= 15 is 0 Å². The number of rotatable bonds is 2. The van der Waals surface area contributed by atoms with E-state index in [1.165, 1.54) is 0 Å². The Labute approximate surface area is 84.8 Å². The second-order valence-electron chi connectivity index (χ2n) is 3.23. The van der Waals surface area contributed by atoms with Crippen LogP contribution in [0.2, 0.25) is 0 Å². The van der Waals surface area contributed by atoms with Crippen LogP contribution in [0.15, 0.2) is 9.98 Å². The number of aliphatic imine (C=N–C) groups is 2. The first-order valence-corrected chi connectivity index (χ1v) is 4.83. The van der Waals surface area contributed by atoms with Crippen LogP contribution in [-0.2, 0) is 0 Å². The van der Waals surface area contributed by atoms with Crippen LogP contribution in [-0.4, -0.2) is 74.0 Å². The van der Waals surface area contributed by atoms with Crippen molar-refractivity contribution in [2.24, 2.45) is 9.98 Å². The average molecular weight is 198 g/mol. The summed E-state index contributed by atoms with van der Waals surface area (Å²) in [5.41, 5.74) is 0. The molecule has 0 radical (unpaired) electrons. The Morgan fingerprint density at radius 1 is 1.36 bits per heavy atom. The molecule has 1 heterocycles. The Morgan fingerprint density at radius 2 is 2.00 bits per heavy atom. The van der Waals surface area contributed by atoms with Gasteiger partial charge in [0.1, 0.15) is 0 Å². The number of guanidine groups is 1. The summed E-state index contributed by atoms with van der Waals surface area (Å²) in [6, 6.07) is 0. The summed E-state index contributed by atoms with van der Waals surface area (Å²) in [4.78, 5) is 12.2. The zero-order valence-corrected chi connectivity index (χ0v) is 8.69. The molecular weight excluding hydrogens is 180 g/mol. The first kappa shape index (κ1) is 11.1. The van der Waals surface area contributed by atoms with Crippen molar-refractivity contribution in [3.8, 4) is 0 Å². The van der Waals surface area contributed by atoms with Crippen LogP contribution in [0.4, 0.5) is 0 Å². The van der Waals surface area contributed by atoms with Crippen molar-refractivity contribution < 1.29 is 5.11 Å². The third-order valence-electron chi connectivity index (χ3n) is 2.41. The van der Waals surface area contributed by atoms with Gasteiger partial charge in [0.25, 0.3) is 0 Å². The van der Waals surface area contributed by atoms with Crippen molar-refractivity contribution in [1.82, 2.24) is 9.80 Å². The summed E-state index contributed by atoms with van der Waals surface area (Å²) >= 11 is 0. The molecule has 14 heavy (non-hydrogen) atoms. The average Bonchev–Trinajstić information content (AvgIpc) is 2.23. The van der Waals surface area contributed by atoms with Gasteiger partial charge in [-0.25, -0.2) is 4.99 Å². The van der Waals surface area contributed by atoms with E-state index in [0.29, 0.717) is 5.96 Å². The van der Waals surface area contributed by atoms with Gasteiger partial charge < -0.3 is 10.0 Å². The summed E-state index contributed by atoms with van der Waals surface area (Å²) < 4.78 is 0. The van der Waals surface area contributed by atoms with Crippen molar-refractivity contribution in [2.45, 2.75) is 0 Å². The number of β-amino-alcohol motifs (C(OH)–C–C–N with tert-alkyl or cyclic N) is 1. The highest BCUT2D eigenvalue weighted by atomic mass is 16.3. The number of aliphatic hydroxyl groups is 1. The van der Waals surface area contributed by atoms with Gasteiger partial charge in [0.15, 0.2) is 0 Å². The van der Waals surface area contributed by atoms with Crippen LogP contribution in [0, 0.1) is 0 Å².